The normalized spacial score (nSPS) is 11.6. The Morgan fingerprint density at radius 1 is 1.21 bits per heavy atom. The van der Waals surface area contributed by atoms with Gasteiger partial charge in [-0.3, -0.25) is 9.59 Å². The summed E-state index contributed by atoms with van der Waals surface area (Å²) in [5, 5.41) is 17.2. The van der Waals surface area contributed by atoms with Crippen LogP contribution in [0, 0.1) is 5.82 Å². The molecule has 0 saturated heterocycles. The first-order valence-electron chi connectivity index (χ1n) is 5.15. The molecular weight excluding hydrogens is 259 g/mol. The Bertz CT molecular complexity index is 506. The van der Waals surface area contributed by atoms with Gasteiger partial charge in [-0.15, -0.1) is 0 Å². The molecule has 1 atom stereocenters. The summed E-state index contributed by atoms with van der Waals surface area (Å²) >= 11 is 0. The highest BCUT2D eigenvalue weighted by atomic mass is 19.1. The number of benzene rings is 1. The van der Waals surface area contributed by atoms with Crippen molar-refractivity contribution in [2.75, 3.05) is 5.43 Å². The highest BCUT2D eigenvalue weighted by molar-refractivity contribution is 6.08. The number of rotatable bonds is 7. The molecule has 1 unspecified atom stereocenters. The molecule has 0 spiro atoms. The second-order valence-electron chi connectivity index (χ2n) is 3.56. The van der Waals surface area contributed by atoms with E-state index in [2.05, 4.69) is 10.9 Å². The van der Waals surface area contributed by atoms with Crippen LogP contribution in [-0.2, 0) is 14.4 Å². The van der Waals surface area contributed by atoms with Gasteiger partial charge in [-0.2, -0.15) is 0 Å². The topological polar surface area (TPSA) is 116 Å². The van der Waals surface area contributed by atoms with Crippen molar-refractivity contribution in [3.8, 4) is 0 Å². The lowest BCUT2D eigenvalue weighted by molar-refractivity contribution is -0.145. The molecule has 0 fully saturated rings. The molecule has 7 nitrogen and oxygen atoms in total. The van der Waals surface area contributed by atoms with Crippen molar-refractivity contribution >= 4 is 23.4 Å². The van der Waals surface area contributed by atoms with Gasteiger partial charge in [0.2, 0.25) is 0 Å². The number of carbonyl (C=O) groups is 3. The van der Waals surface area contributed by atoms with Gasteiger partial charge >= 0.3 is 11.9 Å². The molecule has 0 bridgehead atoms. The van der Waals surface area contributed by atoms with Crippen LogP contribution in [0.5, 0.6) is 0 Å². The highest BCUT2D eigenvalue weighted by Gasteiger charge is 2.27. The second-order valence-corrected chi connectivity index (χ2v) is 3.56. The number of carboxylic acid groups (broad SMARTS) is 2. The van der Waals surface area contributed by atoms with Crippen LogP contribution in [0.25, 0.3) is 0 Å². The Balaban J connectivity index is 2.70. The summed E-state index contributed by atoms with van der Waals surface area (Å²) in [6.07, 6.45) is -0.942. The number of hydrogen-bond acceptors (Lipinski definition) is 5. The summed E-state index contributed by atoms with van der Waals surface area (Å²) in [5.74, 6) is -4.70. The molecular formula is C11H11FN2O5. The number of aliphatic carboxylic acids is 2. The largest absolute Gasteiger partial charge is 0.481 e. The minimum absolute atomic E-state index is 0.0584. The highest BCUT2D eigenvalue weighted by Crippen LogP contribution is 2.11. The molecule has 4 N–H and O–H groups in total. The monoisotopic (exact) mass is 270 g/mol. The predicted molar refractivity (Wildman–Crippen MR) is 61.8 cm³/mol. The van der Waals surface area contributed by atoms with E-state index in [1.807, 2.05) is 0 Å². The van der Waals surface area contributed by atoms with Gasteiger partial charge in [0, 0.05) is 0 Å². The minimum atomic E-state index is -1.78. The quantitative estimate of drug-likeness (QED) is 0.414. The molecule has 0 heterocycles. The van der Waals surface area contributed by atoms with Gasteiger partial charge in [-0.25, -0.2) is 14.6 Å². The van der Waals surface area contributed by atoms with Crippen molar-refractivity contribution in [3.63, 3.8) is 0 Å². The fraction of sp³-hybridized carbons (Fsp3) is 0.182. The van der Waals surface area contributed by atoms with E-state index in [1.54, 1.807) is 0 Å². The number of carbonyl (C=O) groups excluding carboxylic acids is 1. The van der Waals surface area contributed by atoms with Crippen LogP contribution in [0.3, 0.4) is 0 Å². The maximum atomic E-state index is 13.2. The fourth-order valence-electron chi connectivity index (χ4n) is 1.24. The van der Waals surface area contributed by atoms with Crippen molar-refractivity contribution in [2.45, 2.75) is 12.5 Å². The molecule has 0 aromatic heterocycles. The van der Waals surface area contributed by atoms with E-state index in [-0.39, 0.29) is 5.69 Å². The minimum Gasteiger partial charge on any atom is -0.481 e. The standard InChI is InChI=1S/C11H11FN2O5/c12-6-3-1-2-4-7(6)13-14-10(11(18)19)8(15)5-9(16)17/h1-4,10,13-14H,5H2,(H,16,17)(H,18,19). The average Bonchev–Trinajstić information content (AvgIpc) is 2.30. The van der Waals surface area contributed by atoms with Gasteiger partial charge in [0.25, 0.3) is 0 Å². The Hall–Kier alpha value is -2.48. The molecule has 1 aromatic rings. The Labute approximate surface area is 107 Å². The number of ketones is 1. The van der Waals surface area contributed by atoms with E-state index in [0.29, 0.717) is 0 Å². The van der Waals surface area contributed by atoms with Crippen LogP contribution in [-0.4, -0.2) is 34.0 Å². The lowest BCUT2D eigenvalue weighted by atomic mass is 10.1. The maximum absolute atomic E-state index is 13.2. The molecule has 19 heavy (non-hydrogen) atoms. The Morgan fingerprint density at radius 3 is 2.37 bits per heavy atom. The third-order valence-corrected chi connectivity index (χ3v) is 2.12. The Morgan fingerprint density at radius 2 is 1.84 bits per heavy atom. The number of hydrazine groups is 1. The van der Waals surface area contributed by atoms with E-state index in [0.717, 1.165) is 6.07 Å². The molecule has 0 saturated carbocycles. The third-order valence-electron chi connectivity index (χ3n) is 2.12. The third kappa shape index (κ3) is 4.36. The zero-order chi connectivity index (χ0) is 14.4. The van der Waals surface area contributed by atoms with Crippen molar-refractivity contribution in [1.29, 1.82) is 0 Å². The molecule has 0 amide bonds. The van der Waals surface area contributed by atoms with E-state index >= 15 is 0 Å². The van der Waals surface area contributed by atoms with E-state index in [9.17, 15) is 18.8 Å². The number of Topliss-reactive ketones (excluding diaryl/α,β-unsaturated/α-hetero) is 1. The number of hydrogen-bond donors (Lipinski definition) is 4. The summed E-state index contributed by atoms with van der Waals surface area (Å²) in [5.41, 5.74) is 4.25. The molecule has 0 aliphatic carbocycles. The molecule has 1 rings (SSSR count). The zero-order valence-electron chi connectivity index (χ0n) is 9.59. The van der Waals surface area contributed by atoms with Crippen LogP contribution in [0.4, 0.5) is 10.1 Å². The van der Waals surface area contributed by atoms with Gasteiger partial charge < -0.3 is 15.6 Å². The molecule has 0 aliphatic rings. The van der Waals surface area contributed by atoms with Gasteiger partial charge in [-0.05, 0) is 12.1 Å². The van der Waals surface area contributed by atoms with Crippen LogP contribution >= 0.6 is 0 Å². The van der Waals surface area contributed by atoms with Crippen molar-refractivity contribution in [1.82, 2.24) is 5.43 Å². The summed E-state index contributed by atoms with van der Waals surface area (Å²) in [6, 6.07) is 3.62. The predicted octanol–water partition coefficient (Wildman–Crippen LogP) is 0.239. The first kappa shape index (κ1) is 14.6. The van der Waals surface area contributed by atoms with Gasteiger partial charge in [0.15, 0.2) is 11.8 Å². The van der Waals surface area contributed by atoms with Crippen molar-refractivity contribution in [3.05, 3.63) is 30.1 Å². The van der Waals surface area contributed by atoms with Gasteiger partial charge in [0.1, 0.15) is 12.2 Å². The lowest BCUT2D eigenvalue weighted by Crippen LogP contribution is -2.47. The SMILES string of the molecule is O=C(O)CC(=O)C(NNc1ccccc1F)C(=O)O. The molecule has 8 heteroatoms. The molecule has 1 aromatic carbocycles. The number of carboxylic acids is 2. The van der Waals surface area contributed by atoms with Crippen LogP contribution in [0.1, 0.15) is 6.42 Å². The summed E-state index contributed by atoms with van der Waals surface area (Å²) in [7, 11) is 0. The zero-order valence-corrected chi connectivity index (χ0v) is 9.59. The molecule has 0 radical (unpaired) electrons. The van der Waals surface area contributed by atoms with E-state index in [4.69, 9.17) is 10.2 Å². The summed E-state index contributed by atoms with van der Waals surface area (Å²) in [4.78, 5) is 32.5. The smallest absolute Gasteiger partial charge is 0.330 e. The Kier molecular flexibility index (Phi) is 4.95. The maximum Gasteiger partial charge on any atom is 0.330 e. The second kappa shape index (κ2) is 6.45. The van der Waals surface area contributed by atoms with Crippen LogP contribution in [0.2, 0.25) is 0 Å². The number of nitrogens with one attached hydrogen (secondary N) is 2. The summed E-state index contributed by atoms with van der Waals surface area (Å²) < 4.78 is 13.2. The first-order valence-corrected chi connectivity index (χ1v) is 5.15. The molecule has 102 valence electrons. The number of anilines is 1. The van der Waals surface area contributed by atoms with Crippen LogP contribution < -0.4 is 10.9 Å². The van der Waals surface area contributed by atoms with Crippen molar-refractivity contribution in [2.24, 2.45) is 0 Å². The summed E-state index contributed by atoms with van der Waals surface area (Å²) in [6.45, 7) is 0. The van der Waals surface area contributed by atoms with Gasteiger partial charge in [-0.1, -0.05) is 12.1 Å². The van der Waals surface area contributed by atoms with E-state index < -0.39 is 36.0 Å². The lowest BCUT2D eigenvalue weighted by Gasteiger charge is -2.14. The number of halogens is 1. The fourth-order valence-corrected chi connectivity index (χ4v) is 1.24. The average molecular weight is 270 g/mol. The van der Waals surface area contributed by atoms with E-state index in [1.165, 1.54) is 18.2 Å². The van der Waals surface area contributed by atoms with Gasteiger partial charge in [0.05, 0.1) is 5.69 Å². The number of para-hydroxylation sites is 1. The molecule has 0 aliphatic heterocycles. The first-order chi connectivity index (χ1) is 8.91. The van der Waals surface area contributed by atoms with Crippen molar-refractivity contribution < 1.29 is 29.0 Å². The van der Waals surface area contributed by atoms with Crippen LogP contribution in [0.15, 0.2) is 24.3 Å².